The van der Waals surface area contributed by atoms with Crippen molar-refractivity contribution in [3.05, 3.63) is 34.9 Å². The lowest BCUT2D eigenvalue weighted by Crippen LogP contribution is -2.06. The number of carbonyl (C=O) groups excluding carboxylic acids is 1. The molecule has 1 aromatic carbocycles. The summed E-state index contributed by atoms with van der Waals surface area (Å²) in [6.45, 7) is 10.3. The maximum atomic E-state index is 11.5. The molecule has 0 saturated heterocycles. The molecule has 0 aliphatic heterocycles. The summed E-state index contributed by atoms with van der Waals surface area (Å²) >= 11 is 0. The third-order valence-electron chi connectivity index (χ3n) is 2.72. The van der Waals surface area contributed by atoms with Gasteiger partial charge in [-0.3, -0.25) is 4.79 Å². The van der Waals surface area contributed by atoms with E-state index >= 15 is 0 Å². The van der Waals surface area contributed by atoms with Crippen molar-refractivity contribution >= 4 is 5.78 Å². The van der Waals surface area contributed by atoms with E-state index in [1.807, 2.05) is 12.1 Å². The summed E-state index contributed by atoms with van der Waals surface area (Å²) in [5, 5.41) is 0. The van der Waals surface area contributed by atoms with Crippen molar-refractivity contribution in [3.63, 3.8) is 0 Å². The smallest absolute Gasteiger partial charge is 0.160 e. The van der Waals surface area contributed by atoms with Crippen molar-refractivity contribution in [1.82, 2.24) is 0 Å². The topological polar surface area (TPSA) is 17.1 Å². The van der Waals surface area contributed by atoms with Crippen molar-refractivity contribution in [3.8, 4) is 0 Å². The van der Waals surface area contributed by atoms with Gasteiger partial charge in [0.2, 0.25) is 0 Å². The largest absolute Gasteiger partial charge is 0.295 e. The van der Waals surface area contributed by atoms with E-state index in [4.69, 9.17) is 0 Å². The molecule has 82 valence electrons. The third kappa shape index (κ3) is 2.47. The van der Waals surface area contributed by atoms with Crippen LogP contribution >= 0.6 is 0 Å². The van der Waals surface area contributed by atoms with Crippen LogP contribution in [-0.2, 0) is 0 Å². The Morgan fingerprint density at radius 1 is 1.07 bits per heavy atom. The molecule has 0 spiro atoms. The highest BCUT2D eigenvalue weighted by Crippen LogP contribution is 2.29. The second kappa shape index (κ2) is 4.61. The monoisotopic (exact) mass is 204 g/mol. The first-order valence-electron chi connectivity index (χ1n) is 5.58. The Balaban J connectivity index is 3.42. The first-order chi connectivity index (χ1) is 6.95. The Kier molecular flexibility index (Phi) is 3.67. The van der Waals surface area contributed by atoms with Gasteiger partial charge in [-0.05, 0) is 29.9 Å². The fraction of sp³-hybridized carbons (Fsp3) is 0.500. The summed E-state index contributed by atoms with van der Waals surface area (Å²) in [4.78, 5) is 11.5. The van der Waals surface area contributed by atoms with E-state index in [-0.39, 0.29) is 5.78 Å². The lowest BCUT2D eigenvalue weighted by Gasteiger charge is -2.18. The molecule has 0 amide bonds. The molecular formula is C14H20O. The summed E-state index contributed by atoms with van der Waals surface area (Å²) in [7, 11) is 0. The zero-order valence-electron chi connectivity index (χ0n) is 10.3. The molecule has 0 N–H and O–H groups in total. The number of hydrogen-bond donors (Lipinski definition) is 0. The van der Waals surface area contributed by atoms with Gasteiger partial charge in [0.15, 0.2) is 5.78 Å². The molecule has 0 heterocycles. The van der Waals surface area contributed by atoms with Gasteiger partial charge in [-0.1, -0.05) is 45.9 Å². The molecule has 0 aliphatic rings. The van der Waals surface area contributed by atoms with E-state index in [9.17, 15) is 4.79 Å². The van der Waals surface area contributed by atoms with Crippen LogP contribution in [0.2, 0.25) is 0 Å². The molecule has 0 radical (unpaired) electrons. The average molecular weight is 204 g/mol. The quantitative estimate of drug-likeness (QED) is 0.676. The van der Waals surface area contributed by atoms with Gasteiger partial charge in [-0.2, -0.15) is 0 Å². The highest BCUT2D eigenvalue weighted by Gasteiger charge is 2.16. The highest BCUT2D eigenvalue weighted by molar-refractivity contribution is 5.96. The van der Waals surface area contributed by atoms with Gasteiger partial charge in [-0.25, -0.2) is 0 Å². The van der Waals surface area contributed by atoms with Gasteiger partial charge in [-0.15, -0.1) is 0 Å². The predicted octanol–water partition coefficient (Wildman–Crippen LogP) is 4.14. The molecule has 0 aromatic heterocycles. The molecule has 0 unspecified atom stereocenters. The second-order valence-corrected chi connectivity index (χ2v) is 4.67. The maximum Gasteiger partial charge on any atom is 0.160 e. The second-order valence-electron chi connectivity index (χ2n) is 4.67. The number of Topliss-reactive ketones (excluding diaryl/α,β-unsaturated/α-hetero) is 1. The van der Waals surface area contributed by atoms with E-state index in [0.29, 0.717) is 11.8 Å². The average Bonchev–Trinajstić information content (AvgIpc) is 2.16. The Morgan fingerprint density at radius 3 is 2.07 bits per heavy atom. The van der Waals surface area contributed by atoms with Gasteiger partial charge in [0.05, 0.1) is 0 Å². The van der Waals surface area contributed by atoms with Crippen LogP contribution in [0.1, 0.15) is 67.9 Å². The van der Waals surface area contributed by atoms with E-state index in [2.05, 4.69) is 33.8 Å². The van der Waals surface area contributed by atoms with Crippen molar-refractivity contribution in [2.45, 2.75) is 46.5 Å². The van der Waals surface area contributed by atoms with Crippen LogP contribution in [0.5, 0.6) is 0 Å². The van der Waals surface area contributed by atoms with Gasteiger partial charge in [0, 0.05) is 5.56 Å². The normalized spacial score (nSPS) is 11.1. The predicted molar refractivity (Wildman–Crippen MR) is 64.6 cm³/mol. The van der Waals surface area contributed by atoms with Crippen LogP contribution in [0.4, 0.5) is 0 Å². The molecule has 0 aliphatic carbocycles. The van der Waals surface area contributed by atoms with Crippen molar-refractivity contribution < 1.29 is 4.79 Å². The molecular weight excluding hydrogens is 184 g/mol. The van der Waals surface area contributed by atoms with Gasteiger partial charge in [0.1, 0.15) is 0 Å². The van der Waals surface area contributed by atoms with E-state index in [1.165, 1.54) is 11.1 Å². The number of benzene rings is 1. The molecule has 1 aromatic rings. The Labute approximate surface area is 92.5 Å². The van der Waals surface area contributed by atoms with Gasteiger partial charge < -0.3 is 0 Å². The number of carbonyl (C=O) groups is 1. The van der Waals surface area contributed by atoms with Crippen LogP contribution < -0.4 is 0 Å². The highest BCUT2D eigenvalue weighted by atomic mass is 16.1. The molecule has 1 heteroatoms. The summed E-state index contributed by atoms with van der Waals surface area (Å²) in [5.41, 5.74) is 3.41. The maximum absolute atomic E-state index is 11.5. The molecule has 0 bridgehead atoms. The Hall–Kier alpha value is -1.11. The zero-order valence-corrected chi connectivity index (χ0v) is 10.3. The molecule has 0 atom stereocenters. The molecule has 15 heavy (non-hydrogen) atoms. The molecule has 1 rings (SSSR count). The van der Waals surface area contributed by atoms with Crippen molar-refractivity contribution in [1.29, 1.82) is 0 Å². The van der Waals surface area contributed by atoms with Crippen LogP contribution in [0, 0.1) is 0 Å². The summed E-state index contributed by atoms with van der Waals surface area (Å²) in [6.07, 6.45) is 0. The van der Waals surface area contributed by atoms with Crippen LogP contribution in [0.25, 0.3) is 0 Å². The zero-order chi connectivity index (χ0) is 11.6. The van der Waals surface area contributed by atoms with Gasteiger partial charge >= 0.3 is 0 Å². The van der Waals surface area contributed by atoms with E-state index in [0.717, 1.165) is 5.56 Å². The summed E-state index contributed by atoms with van der Waals surface area (Å²) in [5.74, 6) is 1.05. The van der Waals surface area contributed by atoms with E-state index in [1.54, 1.807) is 6.92 Å². The molecule has 0 fully saturated rings. The fourth-order valence-electron chi connectivity index (χ4n) is 2.04. The lowest BCUT2D eigenvalue weighted by molar-refractivity contribution is 0.101. The van der Waals surface area contributed by atoms with Crippen molar-refractivity contribution in [2.24, 2.45) is 0 Å². The third-order valence-corrected chi connectivity index (χ3v) is 2.72. The number of ketones is 1. The van der Waals surface area contributed by atoms with Crippen LogP contribution in [0.15, 0.2) is 18.2 Å². The number of rotatable bonds is 3. The fourth-order valence-corrected chi connectivity index (χ4v) is 2.04. The summed E-state index contributed by atoms with van der Waals surface area (Å²) < 4.78 is 0. The standard InChI is InChI=1S/C14H20O/c1-9(2)12-7-6-8-13(11(5)15)14(12)10(3)4/h6-10H,1-5H3. The minimum Gasteiger partial charge on any atom is -0.295 e. The van der Waals surface area contributed by atoms with E-state index < -0.39 is 0 Å². The summed E-state index contributed by atoms with van der Waals surface area (Å²) in [6, 6.07) is 6.05. The Morgan fingerprint density at radius 2 is 1.67 bits per heavy atom. The Bertz CT molecular complexity index is 362. The minimum atomic E-state index is 0.168. The minimum absolute atomic E-state index is 0.168. The first kappa shape index (κ1) is 12.0. The van der Waals surface area contributed by atoms with Gasteiger partial charge in [0.25, 0.3) is 0 Å². The molecule has 1 nitrogen and oxygen atoms in total. The van der Waals surface area contributed by atoms with Crippen LogP contribution in [0.3, 0.4) is 0 Å². The molecule has 0 saturated carbocycles. The van der Waals surface area contributed by atoms with Crippen LogP contribution in [-0.4, -0.2) is 5.78 Å². The SMILES string of the molecule is CC(=O)c1cccc(C(C)C)c1C(C)C. The first-order valence-corrected chi connectivity index (χ1v) is 5.58. The number of hydrogen-bond acceptors (Lipinski definition) is 1. The van der Waals surface area contributed by atoms with Crippen molar-refractivity contribution in [2.75, 3.05) is 0 Å². The lowest BCUT2D eigenvalue weighted by atomic mass is 9.86.